The molecule has 0 saturated carbocycles. The molecule has 1 amide bonds. The summed E-state index contributed by atoms with van der Waals surface area (Å²) in [5.41, 5.74) is 0.0132. The van der Waals surface area contributed by atoms with Gasteiger partial charge in [-0.3, -0.25) is 14.9 Å². The SMILES string of the molecule is [C-]#[N+]CC(=O)Nc1cc([N+](=O)[O-])ccc1OC. The van der Waals surface area contributed by atoms with Crippen LogP contribution in [0.2, 0.25) is 0 Å². The van der Waals surface area contributed by atoms with Crippen molar-refractivity contribution in [2.24, 2.45) is 0 Å². The number of carbonyl (C=O) groups excluding carboxylic acids is 1. The van der Waals surface area contributed by atoms with Crippen molar-refractivity contribution in [3.05, 3.63) is 39.7 Å². The normalized spacial score (nSPS) is 9.18. The maximum absolute atomic E-state index is 11.2. The molecule has 0 atom stereocenters. The van der Waals surface area contributed by atoms with Crippen LogP contribution in [-0.2, 0) is 4.79 Å². The molecule has 1 N–H and O–H groups in total. The van der Waals surface area contributed by atoms with Gasteiger partial charge in [0.15, 0.2) is 0 Å². The maximum atomic E-state index is 11.2. The predicted molar refractivity (Wildman–Crippen MR) is 59.7 cm³/mol. The Labute approximate surface area is 97.0 Å². The molecule has 0 aromatic heterocycles. The van der Waals surface area contributed by atoms with Gasteiger partial charge in [-0.05, 0) is 6.07 Å². The van der Waals surface area contributed by atoms with Crippen molar-refractivity contribution in [1.29, 1.82) is 0 Å². The molecule has 0 fully saturated rings. The zero-order valence-corrected chi connectivity index (χ0v) is 8.97. The number of nitrogens with zero attached hydrogens (tertiary/aromatic N) is 2. The second-order valence-corrected chi connectivity index (χ2v) is 3.01. The van der Waals surface area contributed by atoms with E-state index in [9.17, 15) is 14.9 Å². The average Bonchev–Trinajstić information content (AvgIpc) is 2.29. The first-order chi connectivity index (χ1) is 8.08. The van der Waals surface area contributed by atoms with Crippen LogP contribution < -0.4 is 10.1 Å². The van der Waals surface area contributed by atoms with Crippen molar-refractivity contribution in [3.63, 3.8) is 0 Å². The van der Waals surface area contributed by atoms with Crippen LogP contribution in [0, 0.1) is 16.7 Å². The molecule has 17 heavy (non-hydrogen) atoms. The Morgan fingerprint density at radius 3 is 2.88 bits per heavy atom. The third kappa shape index (κ3) is 3.17. The molecule has 1 rings (SSSR count). The van der Waals surface area contributed by atoms with Gasteiger partial charge in [0, 0.05) is 12.1 Å². The van der Waals surface area contributed by atoms with Gasteiger partial charge >= 0.3 is 5.91 Å². The topological polar surface area (TPSA) is 85.8 Å². The van der Waals surface area contributed by atoms with Crippen LogP contribution in [0.4, 0.5) is 11.4 Å². The van der Waals surface area contributed by atoms with E-state index in [0.29, 0.717) is 5.75 Å². The molecule has 0 unspecified atom stereocenters. The smallest absolute Gasteiger partial charge is 0.304 e. The molecule has 0 bridgehead atoms. The summed E-state index contributed by atoms with van der Waals surface area (Å²) in [6.07, 6.45) is 0. The Morgan fingerprint density at radius 1 is 1.65 bits per heavy atom. The van der Waals surface area contributed by atoms with Crippen LogP contribution in [0.25, 0.3) is 4.85 Å². The number of anilines is 1. The third-order valence-electron chi connectivity index (χ3n) is 1.89. The number of non-ortho nitro benzene ring substituents is 1. The van der Waals surface area contributed by atoms with Crippen LogP contribution in [-0.4, -0.2) is 24.5 Å². The Balaban J connectivity index is 3.02. The zero-order valence-electron chi connectivity index (χ0n) is 8.97. The van der Waals surface area contributed by atoms with Gasteiger partial charge in [-0.2, -0.15) is 0 Å². The number of ether oxygens (including phenoxy) is 1. The summed E-state index contributed by atoms with van der Waals surface area (Å²) in [6, 6.07) is 3.83. The molecular formula is C10H9N3O4. The fourth-order valence-corrected chi connectivity index (χ4v) is 1.17. The minimum atomic E-state index is -0.579. The number of methoxy groups -OCH3 is 1. The summed E-state index contributed by atoms with van der Waals surface area (Å²) in [6.45, 7) is 6.19. The summed E-state index contributed by atoms with van der Waals surface area (Å²) in [5.74, 6) is -0.243. The quantitative estimate of drug-likeness (QED) is 0.486. The number of amides is 1. The second kappa shape index (κ2) is 5.46. The van der Waals surface area contributed by atoms with Gasteiger partial charge in [0.25, 0.3) is 12.2 Å². The van der Waals surface area contributed by atoms with Crippen molar-refractivity contribution in [3.8, 4) is 5.75 Å². The number of rotatable bonds is 4. The molecule has 1 aromatic carbocycles. The van der Waals surface area contributed by atoms with Crippen molar-refractivity contribution in [1.82, 2.24) is 0 Å². The van der Waals surface area contributed by atoms with Gasteiger partial charge in [0.1, 0.15) is 5.75 Å². The van der Waals surface area contributed by atoms with Crippen molar-refractivity contribution in [2.75, 3.05) is 19.0 Å². The average molecular weight is 235 g/mol. The summed E-state index contributed by atoms with van der Waals surface area (Å²) in [5, 5.41) is 12.9. The number of nitrogens with one attached hydrogen (secondary N) is 1. The van der Waals surface area contributed by atoms with E-state index < -0.39 is 10.8 Å². The van der Waals surface area contributed by atoms with Crippen LogP contribution in [0.1, 0.15) is 0 Å². The fraction of sp³-hybridized carbons (Fsp3) is 0.200. The number of carbonyl (C=O) groups is 1. The Kier molecular flexibility index (Phi) is 4.00. The van der Waals surface area contributed by atoms with E-state index in [1.807, 2.05) is 0 Å². The first-order valence-corrected chi connectivity index (χ1v) is 4.54. The highest BCUT2D eigenvalue weighted by atomic mass is 16.6. The maximum Gasteiger partial charge on any atom is 0.304 e. The standard InChI is InChI=1S/C10H9N3O4/c1-11-6-10(14)12-8-5-7(13(15)16)3-4-9(8)17-2/h3-5H,6H2,2H3,(H,12,14). The van der Waals surface area contributed by atoms with Gasteiger partial charge in [-0.15, -0.1) is 0 Å². The van der Waals surface area contributed by atoms with Crippen LogP contribution in [0.3, 0.4) is 0 Å². The summed E-state index contributed by atoms with van der Waals surface area (Å²) in [7, 11) is 1.38. The predicted octanol–water partition coefficient (Wildman–Crippen LogP) is 1.46. The minimum Gasteiger partial charge on any atom is -0.495 e. The van der Waals surface area contributed by atoms with Crippen molar-refractivity contribution >= 4 is 17.3 Å². The number of benzene rings is 1. The minimum absolute atomic E-state index is 0.163. The van der Waals surface area contributed by atoms with E-state index in [0.717, 1.165) is 0 Å². The van der Waals surface area contributed by atoms with Gasteiger partial charge in [0.2, 0.25) is 0 Å². The van der Waals surface area contributed by atoms with Crippen molar-refractivity contribution in [2.45, 2.75) is 0 Å². The lowest BCUT2D eigenvalue weighted by Gasteiger charge is -2.07. The summed E-state index contributed by atoms with van der Waals surface area (Å²) < 4.78 is 4.94. The lowest BCUT2D eigenvalue weighted by molar-refractivity contribution is -0.384. The third-order valence-corrected chi connectivity index (χ3v) is 1.89. The van der Waals surface area contributed by atoms with E-state index in [1.165, 1.54) is 25.3 Å². The molecule has 0 radical (unpaired) electrons. The first-order valence-electron chi connectivity index (χ1n) is 4.54. The number of nitro groups is 1. The summed E-state index contributed by atoms with van der Waals surface area (Å²) >= 11 is 0. The van der Waals surface area contributed by atoms with E-state index in [2.05, 4.69) is 10.2 Å². The highest BCUT2D eigenvalue weighted by Gasteiger charge is 2.14. The molecule has 88 valence electrons. The highest BCUT2D eigenvalue weighted by Crippen LogP contribution is 2.28. The molecule has 1 aromatic rings. The zero-order chi connectivity index (χ0) is 12.8. The van der Waals surface area contributed by atoms with Crippen LogP contribution in [0.5, 0.6) is 5.75 Å². The molecule has 0 heterocycles. The monoisotopic (exact) mass is 235 g/mol. The Morgan fingerprint density at radius 2 is 2.35 bits per heavy atom. The molecule has 0 aliphatic rings. The van der Waals surface area contributed by atoms with E-state index in [-0.39, 0.29) is 17.9 Å². The lowest BCUT2D eigenvalue weighted by Crippen LogP contribution is -2.14. The lowest BCUT2D eigenvalue weighted by atomic mass is 10.2. The largest absolute Gasteiger partial charge is 0.495 e. The van der Waals surface area contributed by atoms with E-state index in [1.54, 1.807) is 0 Å². The van der Waals surface area contributed by atoms with E-state index in [4.69, 9.17) is 11.3 Å². The van der Waals surface area contributed by atoms with Gasteiger partial charge < -0.3 is 14.9 Å². The second-order valence-electron chi connectivity index (χ2n) is 3.01. The first kappa shape index (κ1) is 12.4. The van der Waals surface area contributed by atoms with Crippen LogP contribution in [0.15, 0.2) is 18.2 Å². The molecule has 0 aliphatic heterocycles. The number of hydrogen-bond acceptors (Lipinski definition) is 4. The van der Waals surface area contributed by atoms with Gasteiger partial charge in [-0.25, -0.2) is 6.57 Å². The number of hydrogen-bond donors (Lipinski definition) is 1. The molecular weight excluding hydrogens is 226 g/mol. The molecule has 7 nitrogen and oxygen atoms in total. The van der Waals surface area contributed by atoms with Crippen LogP contribution >= 0.6 is 0 Å². The Bertz CT molecular complexity index is 493. The summed E-state index contributed by atoms with van der Waals surface area (Å²) in [4.78, 5) is 24.1. The van der Waals surface area contributed by atoms with Gasteiger partial charge in [-0.1, -0.05) is 0 Å². The molecule has 7 heteroatoms. The van der Waals surface area contributed by atoms with Crippen molar-refractivity contribution < 1.29 is 14.5 Å². The molecule has 0 aliphatic carbocycles. The highest BCUT2D eigenvalue weighted by molar-refractivity contribution is 5.94. The Hall–Kier alpha value is -2.62. The molecule has 0 saturated heterocycles. The molecule has 0 spiro atoms. The fourth-order valence-electron chi connectivity index (χ4n) is 1.17. The van der Waals surface area contributed by atoms with E-state index >= 15 is 0 Å². The van der Waals surface area contributed by atoms with Gasteiger partial charge in [0.05, 0.1) is 17.7 Å². The number of nitro benzene ring substituents is 1.